The van der Waals surface area contributed by atoms with E-state index in [1.165, 1.54) is 23.7 Å². The summed E-state index contributed by atoms with van der Waals surface area (Å²) in [4.78, 5) is 12.7. The van der Waals surface area contributed by atoms with Crippen molar-refractivity contribution in [3.05, 3.63) is 60.4 Å². The number of nitrogens with one attached hydrogen (secondary N) is 1. The minimum Gasteiger partial charge on any atom is -0.464 e. The van der Waals surface area contributed by atoms with Crippen LogP contribution in [-0.2, 0) is 29.0 Å². The third-order valence-electron chi connectivity index (χ3n) is 7.29. The molecule has 1 aromatic carbocycles. The first kappa shape index (κ1) is 31.4. The lowest BCUT2D eigenvalue weighted by atomic mass is 9.92. The number of carbonyl (C=O) groups excluding carboxylic acids is 1. The van der Waals surface area contributed by atoms with Gasteiger partial charge >= 0.3 is 13.7 Å². The number of nitrogens with two attached hydrogens (primary N) is 1. The fourth-order valence-corrected chi connectivity index (χ4v) is 6.16. The van der Waals surface area contributed by atoms with Gasteiger partial charge in [0.2, 0.25) is 5.60 Å². The average Bonchev–Trinajstić information content (AvgIpc) is 3.53. The highest BCUT2D eigenvalue weighted by Gasteiger charge is 2.58. The predicted molar refractivity (Wildman–Crippen MR) is 152 cm³/mol. The Balaban J connectivity index is 1.53. The summed E-state index contributed by atoms with van der Waals surface area (Å²) >= 11 is 0. The topological polar surface area (TPSA) is 191 Å². The monoisotopic (exact) mass is 601 g/mol. The molecule has 3 heterocycles. The molecule has 2 aromatic heterocycles. The second-order valence-corrected chi connectivity index (χ2v) is 11.8. The predicted octanol–water partition coefficient (Wildman–Crippen LogP) is 2.92. The molecule has 3 aromatic rings. The van der Waals surface area contributed by atoms with Gasteiger partial charge < -0.3 is 29.9 Å². The Hall–Kier alpha value is -3.50. The molecule has 1 saturated heterocycles. The number of aliphatic hydroxyl groups excluding tert-OH is 2. The molecule has 5 N–H and O–H groups in total. The molecule has 1 fully saturated rings. The Bertz CT molecular complexity index is 1460. The highest BCUT2D eigenvalue weighted by atomic mass is 31.2. The summed E-state index contributed by atoms with van der Waals surface area (Å²) < 4.78 is 37.9. The Labute approximate surface area is 243 Å². The van der Waals surface area contributed by atoms with Gasteiger partial charge in [0.1, 0.15) is 36.2 Å². The molecule has 1 aliphatic rings. The number of ether oxygens (including phenoxy) is 2. The van der Waals surface area contributed by atoms with Crippen LogP contribution in [0.2, 0.25) is 0 Å². The van der Waals surface area contributed by atoms with Gasteiger partial charge in [0, 0.05) is 6.20 Å². The first-order valence-corrected chi connectivity index (χ1v) is 15.2. The van der Waals surface area contributed by atoms with E-state index in [2.05, 4.69) is 10.2 Å². The molecule has 226 valence electrons. The number of benzene rings is 1. The number of nitriles is 1. The van der Waals surface area contributed by atoms with Gasteiger partial charge in [-0.15, -0.1) is 0 Å². The van der Waals surface area contributed by atoms with Crippen LogP contribution in [0.5, 0.6) is 5.75 Å². The molecule has 0 radical (unpaired) electrons. The summed E-state index contributed by atoms with van der Waals surface area (Å²) in [6, 6.07) is 13.7. The SMILES string of the molecule is CCC(CC)COC(=O)[C@@H](C)N[P@@](=O)(OC[C@@H]1O[C@](C#N)(c2ccc3c(N)ccnn23)[C@@H](O)[C@H]1O)Oc1ccccc1. The minimum absolute atomic E-state index is 0.136. The molecule has 0 bridgehead atoms. The van der Waals surface area contributed by atoms with Crippen molar-refractivity contribution in [1.82, 2.24) is 14.7 Å². The van der Waals surface area contributed by atoms with Gasteiger partial charge in [-0.3, -0.25) is 9.32 Å². The highest BCUT2D eigenvalue weighted by molar-refractivity contribution is 7.52. The van der Waals surface area contributed by atoms with E-state index in [1.54, 1.807) is 42.5 Å². The van der Waals surface area contributed by atoms with Crippen molar-refractivity contribution in [1.29, 1.82) is 5.26 Å². The summed E-state index contributed by atoms with van der Waals surface area (Å²) in [6.45, 7) is 5.10. The molecule has 14 heteroatoms. The van der Waals surface area contributed by atoms with Crippen molar-refractivity contribution in [3.8, 4) is 11.8 Å². The van der Waals surface area contributed by atoms with Crippen LogP contribution in [0, 0.1) is 17.2 Å². The van der Waals surface area contributed by atoms with E-state index in [0.29, 0.717) is 11.2 Å². The summed E-state index contributed by atoms with van der Waals surface area (Å²) in [5, 5.41) is 38.8. The lowest BCUT2D eigenvalue weighted by molar-refractivity contribution is -0.146. The number of nitrogens with zero attached hydrogens (tertiary/aromatic N) is 3. The van der Waals surface area contributed by atoms with E-state index in [1.807, 2.05) is 19.9 Å². The molecule has 13 nitrogen and oxygen atoms in total. The molecule has 6 atom stereocenters. The lowest BCUT2D eigenvalue weighted by Gasteiger charge is -2.25. The number of nitrogen functional groups attached to an aromatic ring is 1. The van der Waals surface area contributed by atoms with E-state index in [9.17, 15) is 24.8 Å². The van der Waals surface area contributed by atoms with E-state index in [4.69, 9.17) is 24.3 Å². The van der Waals surface area contributed by atoms with E-state index in [-0.39, 0.29) is 24.0 Å². The standard InChI is InChI=1S/C28H36N5O8P/c1-4-19(5-2)15-38-27(36)18(3)32-42(37,41-20-9-7-6-8-10-20)39-16-23-25(34)26(35)28(17-29,40-23)24-12-11-22-21(30)13-14-31-33(22)24/h6-14,18-19,23,25-26,34-35H,4-5,15-16,30H2,1-3H3,(H,32,37)/t18-,23+,25+,26+,28-,42-/m1/s1. The Morgan fingerprint density at radius 3 is 2.62 bits per heavy atom. The molecule has 42 heavy (non-hydrogen) atoms. The normalized spacial score (nSPS) is 24.3. The van der Waals surface area contributed by atoms with Gasteiger partial charge in [0.25, 0.3) is 0 Å². The Morgan fingerprint density at radius 2 is 1.95 bits per heavy atom. The molecule has 0 aliphatic carbocycles. The van der Waals surface area contributed by atoms with Crippen LogP contribution < -0.4 is 15.3 Å². The number of aromatic nitrogens is 2. The zero-order chi connectivity index (χ0) is 30.5. The van der Waals surface area contributed by atoms with Crippen molar-refractivity contribution in [2.75, 3.05) is 18.9 Å². The fraction of sp³-hybridized carbons (Fsp3) is 0.464. The van der Waals surface area contributed by atoms with Crippen molar-refractivity contribution < 1.29 is 38.1 Å². The lowest BCUT2D eigenvalue weighted by Crippen LogP contribution is -2.41. The minimum atomic E-state index is -4.31. The highest BCUT2D eigenvalue weighted by Crippen LogP contribution is 2.47. The Morgan fingerprint density at radius 1 is 1.24 bits per heavy atom. The Kier molecular flexibility index (Phi) is 9.89. The molecule has 0 amide bonds. The maximum absolute atomic E-state index is 13.9. The number of hydrogen-bond donors (Lipinski definition) is 4. The quantitative estimate of drug-likeness (QED) is 0.166. The van der Waals surface area contributed by atoms with Crippen LogP contribution >= 0.6 is 7.75 Å². The maximum Gasteiger partial charge on any atom is 0.459 e. The third kappa shape index (κ3) is 6.44. The van der Waals surface area contributed by atoms with Crippen molar-refractivity contribution in [2.24, 2.45) is 5.92 Å². The summed E-state index contributed by atoms with van der Waals surface area (Å²) in [6.07, 6.45) is -1.56. The van der Waals surface area contributed by atoms with Crippen LogP contribution in [0.25, 0.3) is 5.52 Å². The smallest absolute Gasteiger partial charge is 0.459 e. The van der Waals surface area contributed by atoms with Crippen LogP contribution in [0.3, 0.4) is 0 Å². The number of anilines is 1. The number of carbonyl (C=O) groups is 1. The van der Waals surface area contributed by atoms with Crippen molar-refractivity contribution in [3.63, 3.8) is 0 Å². The number of rotatable bonds is 13. The molecule has 0 saturated carbocycles. The summed E-state index contributed by atoms with van der Waals surface area (Å²) in [5.41, 5.74) is 4.95. The van der Waals surface area contributed by atoms with Crippen LogP contribution in [0.1, 0.15) is 39.3 Å². The zero-order valence-corrected chi connectivity index (χ0v) is 24.5. The van der Waals surface area contributed by atoms with E-state index < -0.39 is 50.3 Å². The largest absolute Gasteiger partial charge is 0.464 e. The molecule has 1 aliphatic heterocycles. The van der Waals surface area contributed by atoms with Gasteiger partial charge in [-0.05, 0) is 43.2 Å². The molecule has 4 rings (SSSR count). The number of para-hydroxylation sites is 1. The van der Waals surface area contributed by atoms with Crippen LogP contribution in [0.4, 0.5) is 5.69 Å². The van der Waals surface area contributed by atoms with Gasteiger partial charge in [-0.2, -0.15) is 15.4 Å². The van der Waals surface area contributed by atoms with Crippen molar-refractivity contribution in [2.45, 2.75) is 63.6 Å². The maximum atomic E-state index is 13.9. The van der Waals surface area contributed by atoms with Crippen LogP contribution in [-0.4, -0.2) is 63.4 Å². The first-order chi connectivity index (χ1) is 20.1. The molecule has 0 spiro atoms. The van der Waals surface area contributed by atoms with Crippen LogP contribution in [0.15, 0.2) is 54.7 Å². The summed E-state index contributed by atoms with van der Waals surface area (Å²) in [7, 11) is -4.31. The average molecular weight is 602 g/mol. The summed E-state index contributed by atoms with van der Waals surface area (Å²) in [5.74, 6) is -0.263. The first-order valence-electron chi connectivity index (χ1n) is 13.7. The van der Waals surface area contributed by atoms with E-state index in [0.717, 1.165) is 12.8 Å². The molecule has 0 unspecified atom stereocenters. The number of fused-ring (bicyclic) bond motifs is 1. The van der Waals surface area contributed by atoms with Gasteiger partial charge in [0.05, 0.1) is 30.1 Å². The second-order valence-electron chi connectivity index (χ2n) is 10.1. The number of hydrogen-bond acceptors (Lipinski definition) is 11. The second kappa shape index (κ2) is 13.2. The molecular formula is C28H36N5O8P. The fourth-order valence-electron chi connectivity index (χ4n) is 4.66. The van der Waals surface area contributed by atoms with Crippen molar-refractivity contribution >= 4 is 24.9 Å². The number of esters is 1. The third-order valence-corrected chi connectivity index (χ3v) is 8.93. The van der Waals surface area contributed by atoms with Gasteiger partial charge in [0.15, 0.2) is 0 Å². The van der Waals surface area contributed by atoms with E-state index >= 15 is 0 Å². The number of aliphatic hydroxyl groups is 2. The zero-order valence-electron chi connectivity index (χ0n) is 23.6. The van der Waals surface area contributed by atoms with Gasteiger partial charge in [-0.1, -0.05) is 44.9 Å². The molecular weight excluding hydrogens is 565 g/mol. The van der Waals surface area contributed by atoms with Gasteiger partial charge in [-0.25, -0.2) is 9.08 Å².